The summed E-state index contributed by atoms with van der Waals surface area (Å²) in [6.45, 7) is 7.32. The van der Waals surface area contributed by atoms with Gasteiger partial charge in [0.25, 0.3) is 0 Å². The van der Waals surface area contributed by atoms with Gasteiger partial charge in [-0.05, 0) is 18.2 Å². The van der Waals surface area contributed by atoms with Crippen LogP contribution in [-0.2, 0) is 0 Å². The minimum Gasteiger partial charge on any atom is -0.314 e. The van der Waals surface area contributed by atoms with Gasteiger partial charge < -0.3 is 5.32 Å². The van der Waals surface area contributed by atoms with E-state index in [0.717, 1.165) is 19.6 Å². The number of nitrogens with one attached hydrogen (secondary N) is 1. The van der Waals surface area contributed by atoms with E-state index in [1.165, 1.54) is 11.1 Å². The van der Waals surface area contributed by atoms with Crippen LogP contribution < -0.4 is 5.32 Å². The molecule has 80 valence electrons. The van der Waals surface area contributed by atoms with Gasteiger partial charge in [-0.15, -0.1) is 0 Å². The lowest BCUT2D eigenvalue weighted by molar-refractivity contribution is 0.200. The van der Waals surface area contributed by atoms with E-state index >= 15 is 0 Å². The molecule has 0 aliphatic carbocycles. The molecule has 2 heteroatoms. The molecule has 1 heterocycles. The van der Waals surface area contributed by atoms with Crippen molar-refractivity contribution in [2.24, 2.45) is 0 Å². The van der Waals surface area contributed by atoms with E-state index < -0.39 is 0 Å². The molecule has 0 amide bonds. The Bertz CT molecular complexity index is 328. The molecule has 0 saturated carbocycles. The predicted octanol–water partition coefficient (Wildman–Crippen LogP) is 1.60. The Morgan fingerprint density at radius 1 is 1.40 bits per heavy atom. The third-order valence-electron chi connectivity index (χ3n) is 3.01. The summed E-state index contributed by atoms with van der Waals surface area (Å²) < 4.78 is 0. The third kappa shape index (κ3) is 2.46. The largest absolute Gasteiger partial charge is 0.314 e. The Balaban J connectivity index is 1.91. The Morgan fingerprint density at radius 3 is 2.60 bits per heavy atom. The average molecular weight is 202 g/mol. The molecule has 1 saturated heterocycles. The van der Waals surface area contributed by atoms with Crippen LogP contribution in [0, 0.1) is 0 Å². The van der Waals surface area contributed by atoms with Crippen LogP contribution in [0.15, 0.2) is 36.9 Å². The van der Waals surface area contributed by atoms with Gasteiger partial charge in [-0.2, -0.15) is 0 Å². The molecular formula is C13H18N2. The minimum absolute atomic E-state index is 0.686. The maximum absolute atomic E-state index is 4.14. The lowest BCUT2D eigenvalue weighted by Crippen LogP contribution is -2.56. The Kier molecular flexibility index (Phi) is 3.19. The first-order valence-electron chi connectivity index (χ1n) is 5.41. The molecule has 0 radical (unpaired) electrons. The van der Waals surface area contributed by atoms with Gasteiger partial charge in [0.15, 0.2) is 0 Å². The topological polar surface area (TPSA) is 15.3 Å². The second kappa shape index (κ2) is 4.60. The molecule has 1 aromatic rings. The van der Waals surface area contributed by atoms with Gasteiger partial charge in [-0.1, -0.05) is 36.9 Å². The highest BCUT2D eigenvalue weighted by Gasteiger charge is 2.21. The summed E-state index contributed by atoms with van der Waals surface area (Å²) in [7, 11) is 2.17. The maximum atomic E-state index is 4.14. The van der Waals surface area contributed by atoms with Crippen molar-refractivity contribution in [2.45, 2.75) is 6.04 Å². The molecule has 0 unspecified atom stereocenters. The van der Waals surface area contributed by atoms with Crippen molar-refractivity contribution < 1.29 is 0 Å². The average Bonchev–Trinajstić information content (AvgIpc) is 2.16. The Morgan fingerprint density at radius 2 is 2.07 bits per heavy atom. The van der Waals surface area contributed by atoms with E-state index in [0.29, 0.717) is 6.04 Å². The zero-order valence-corrected chi connectivity index (χ0v) is 9.24. The monoisotopic (exact) mass is 202 g/mol. The first kappa shape index (κ1) is 10.4. The van der Waals surface area contributed by atoms with Crippen LogP contribution in [0.1, 0.15) is 5.56 Å². The van der Waals surface area contributed by atoms with E-state index in [4.69, 9.17) is 0 Å². The summed E-state index contributed by atoms with van der Waals surface area (Å²) in [4.78, 5) is 2.37. The Hall–Kier alpha value is -1.12. The van der Waals surface area contributed by atoms with Crippen LogP contribution in [0.25, 0.3) is 5.57 Å². The fourth-order valence-electron chi connectivity index (χ4n) is 1.78. The van der Waals surface area contributed by atoms with Crippen LogP contribution >= 0.6 is 0 Å². The van der Waals surface area contributed by atoms with Gasteiger partial charge in [0.05, 0.1) is 0 Å². The maximum Gasteiger partial charge on any atom is 0.0345 e. The van der Waals surface area contributed by atoms with E-state index in [2.05, 4.69) is 48.1 Å². The number of hydrogen-bond donors (Lipinski definition) is 1. The van der Waals surface area contributed by atoms with Crippen LogP contribution in [-0.4, -0.2) is 37.6 Å². The summed E-state index contributed by atoms with van der Waals surface area (Å²) in [5.74, 6) is 0. The van der Waals surface area contributed by atoms with Gasteiger partial charge in [0.1, 0.15) is 0 Å². The normalized spacial score (nSPS) is 16.4. The first-order valence-corrected chi connectivity index (χ1v) is 5.41. The first-order chi connectivity index (χ1) is 7.27. The fraction of sp³-hybridized carbons (Fsp3) is 0.385. The van der Waals surface area contributed by atoms with E-state index in [-0.39, 0.29) is 0 Å². The number of rotatable bonds is 4. The van der Waals surface area contributed by atoms with Crippen molar-refractivity contribution in [1.29, 1.82) is 0 Å². The molecule has 15 heavy (non-hydrogen) atoms. The lowest BCUT2D eigenvalue weighted by atomic mass is 10.1. The quantitative estimate of drug-likeness (QED) is 0.798. The molecule has 0 bridgehead atoms. The van der Waals surface area contributed by atoms with Crippen molar-refractivity contribution in [2.75, 3.05) is 26.7 Å². The van der Waals surface area contributed by atoms with Gasteiger partial charge in [-0.3, -0.25) is 4.90 Å². The number of hydrogen-bond acceptors (Lipinski definition) is 2. The fourth-order valence-corrected chi connectivity index (χ4v) is 1.78. The van der Waals surface area contributed by atoms with Crippen molar-refractivity contribution in [3.63, 3.8) is 0 Å². The molecule has 1 fully saturated rings. The van der Waals surface area contributed by atoms with Crippen molar-refractivity contribution in [3.05, 3.63) is 42.5 Å². The van der Waals surface area contributed by atoms with Crippen LogP contribution in [0.3, 0.4) is 0 Å². The molecule has 1 aliphatic rings. The zero-order chi connectivity index (χ0) is 10.7. The summed E-state index contributed by atoms with van der Waals surface area (Å²) in [5, 5.41) is 3.28. The van der Waals surface area contributed by atoms with Crippen molar-refractivity contribution in [1.82, 2.24) is 10.2 Å². The van der Waals surface area contributed by atoms with E-state index in [1.54, 1.807) is 0 Å². The smallest absolute Gasteiger partial charge is 0.0345 e. The van der Waals surface area contributed by atoms with Crippen LogP contribution in [0.5, 0.6) is 0 Å². The van der Waals surface area contributed by atoms with Crippen molar-refractivity contribution in [3.8, 4) is 0 Å². The van der Waals surface area contributed by atoms with Gasteiger partial charge in [-0.25, -0.2) is 0 Å². The van der Waals surface area contributed by atoms with Gasteiger partial charge in [0.2, 0.25) is 0 Å². The van der Waals surface area contributed by atoms with Gasteiger partial charge in [0, 0.05) is 25.7 Å². The molecule has 1 N–H and O–H groups in total. The zero-order valence-electron chi connectivity index (χ0n) is 9.24. The van der Waals surface area contributed by atoms with Crippen molar-refractivity contribution >= 4 is 5.57 Å². The molecule has 0 aromatic heterocycles. The van der Waals surface area contributed by atoms with Gasteiger partial charge >= 0.3 is 0 Å². The summed E-state index contributed by atoms with van der Waals surface area (Å²) in [6, 6.07) is 11.1. The number of nitrogens with zero attached hydrogens (tertiary/aromatic N) is 1. The van der Waals surface area contributed by atoms with Crippen LogP contribution in [0.2, 0.25) is 0 Å². The summed E-state index contributed by atoms with van der Waals surface area (Å²) in [5.41, 5.74) is 2.45. The number of benzene rings is 1. The predicted molar refractivity (Wildman–Crippen MR) is 64.8 cm³/mol. The molecule has 1 aliphatic heterocycles. The summed E-state index contributed by atoms with van der Waals surface area (Å²) >= 11 is 0. The molecule has 2 nitrogen and oxygen atoms in total. The standard InChI is InChI=1S/C13H18N2/c1-11(12-6-4-3-5-7-12)10-15(2)13-8-14-9-13/h3-7,13-14H,1,8-10H2,2H3. The minimum atomic E-state index is 0.686. The van der Waals surface area contributed by atoms with E-state index in [1.807, 2.05) is 6.07 Å². The molecule has 2 rings (SSSR count). The highest BCUT2D eigenvalue weighted by molar-refractivity contribution is 5.64. The molecule has 0 spiro atoms. The Labute approximate surface area is 91.6 Å². The highest BCUT2D eigenvalue weighted by Crippen LogP contribution is 2.14. The highest BCUT2D eigenvalue weighted by atomic mass is 15.2. The molecule has 1 aromatic carbocycles. The van der Waals surface area contributed by atoms with Crippen LogP contribution in [0.4, 0.5) is 0 Å². The third-order valence-corrected chi connectivity index (χ3v) is 3.01. The molecule has 0 atom stereocenters. The lowest BCUT2D eigenvalue weighted by Gasteiger charge is -2.36. The van der Waals surface area contributed by atoms with E-state index in [9.17, 15) is 0 Å². The molecular weight excluding hydrogens is 184 g/mol. The number of likely N-dealkylation sites (N-methyl/N-ethyl adjacent to an activating group) is 1. The second-order valence-electron chi connectivity index (χ2n) is 4.20. The SMILES string of the molecule is C=C(CN(C)C1CNC1)c1ccccc1. The second-order valence-corrected chi connectivity index (χ2v) is 4.20. The summed E-state index contributed by atoms with van der Waals surface area (Å²) in [6.07, 6.45) is 0.